The van der Waals surface area contributed by atoms with E-state index in [1.807, 2.05) is 0 Å². The van der Waals surface area contributed by atoms with Crippen molar-refractivity contribution in [2.75, 3.05) is 0 Å². The van der Waals surface area contributed by atoms with Crippen LogP contribution >= 0.6 is 0 Å². The minimum atomic E-state index is -0.439. The van der Waals surface area contributed by atoms with E-state index < -0.39 is 11.9 Å². The Morgan fingerprint density at radius 2 is 1.82 bits per heavy atom. The molecule has 5 heteroatoms. The van der Waals surface area contributed by atoms with Crippen LogP contribution in [-0.4, -0.2) is 11.9 Å². The third-order valence-electron chi connectivity index (χ3n) is 2.02. The van der Waals surface area contributed by atoms with Crippen molar-refractivity contribution in [3.8, 4) is 11.5 Å². The topological polar surface area (TPSA) is 65.7 Å². The van der Waals surface area contributed by atoms with E-state index in [9.17, 15) is 9.59 Å². The molecular formula is C12H10O5. The van der Waals surface area contributed by atoms with E-state index >= 15 is 0 Å². The molecule has 0 N–H and O–H groups in total. The first kappa shape index (κ1) is 11.2. The second kappa shape index (κ2) is 4.29. The van der Waals surface area contributed by atoms with Crippen molar-refractivity contribution >= 4 is 22.9 Å². The Bertz CT molecular complexity index is 582. The number of carbonyl (C=O) groups is 2. The number of fused-ring (bicyclic) bond motifs is 1. The van der Waals surface area contributed by atoms with Gasteiger partial charge < -0.3 is 13.9 Å². The maximum absolute atomic E-state index is 10.9. The summed E-state index contributed by atoms with van der Waals surface area (Å²) in [7, 11) is 0. The zero-order valence-corrected chi connectivity index (χ0v) is 9.35. The van der Waals surface area contributed by atoms with Crippen LogP contribution in [0.4, 0.5) is 0 Å². The second-order valence-electron chi connectivity index (χ2n) is 3.45. The van der Waals surface area contributed by atoms with Crippen LogP contribution < -0.4 is 9.47 Å². The van der Waals surface area contributed by atoms with Crippen LogP contribution in [0.2, 0.25) is 0 Å². The fourth-order valence-corrected chi connectivity index (χ4v) is 1.45. The molecule has 2 aromatic rings. The molecule has 1 heterocycles. The lowest BCUT2D eigenvalue weighted by Crippen LogP contribution is -2.02. The van der Waals surface area contributed by atoms with Gasteiger partial charge in [-0.25, -0.2) is 0 Å². The number of rotatable bonds is 2. The summed E-state index contributed by atoms with van der Waals surface area (Å²) in [6.45, 7) is 2.61. The van der Waals surface area contributed by atoms with Crippen molar-refractivity contribution in [1.29, 1.82) is 0 Å². The summed E-state index contributed by atoms with van der Waals surface area (Å²) in [5.74, 6) is -0.172. The van der Waals surface area contributed by atoms with E-state index in [1.54, 1.807) is 18.2 Å². The molecule has 0 spiro atoms. The predicted octanol–water partition coefficient (Wildman–Crippen LogP) is 2.28. The van der Waals surface area contributed by atoms with Crippen LogP contribution in [0.3, 0.4) is 0 Å². The maximum Gasteiger partial charge on any atom is 0.308 e. The molecule has 1 aromatic carbocycles. The molecule has 0 aliphatic carbocycles. The highest BCUT2D eigenvalue weighted by Crippen LogP contribution is 2.31. The first-order chi connectivity index (χ1) is 8.06. The highest BCUT2D eigenvalue weighted by atomic mass is 16.5. The molecule has 5 nitrogen and oxygen atoms in total. The molecule has 0 aliphatic rings. The summed E-state index contributed by atoms with van der Waals surface area (Å²) in [4.78, 5) is 21.7. The summed E-state index contributed by atoms with van der Waals surface area (Å²) in [5.41, 5.74) is 0.553. The minimum absolute atomic E-state index is 0.307. The Balaban J connectivity index is 2.42. The lowest BCUT2D eigenvalue weighted by Gasteiger charge is -2.01. The van der Waals surface area contributed by atoms with E-state index in [1.165, 1.54) is 20.1 Å². The standard InChI is InChI=1S/C12H10O5/c1-7(13)16-9-3-4-11-10(5-9)12(6-15-11)17-8(2)14/h3-6H,1-2H3. The van der Waals surface area contributed by atoms with Crippen molar-refractivity contribution in [2.24, 2.45) is 0 Å². The van der Waals surface area contributed by atoms with E-state index in [-0.39, 0.29) is 0 Å². The van der Waals surface area contributed by atoms with Crippen LogP contribution in [-0.2, 0) is 9.59 Å². The zero-order valence-electron chi connectivity index (χ0n) is 9.35. The van der Waals surface area contributed by atoms with Crippen LogP contribution in [0.1, 0.15) is 13.8 Å². The summed E-state index contributed by atoms with van der Waals surface area (Å²) in [6.07, 6.45) is 1.34. The maximum atomic E-state index is 10.9. The van der Waals surface area contributed by atoms with E-state index in [0.717, 1.165) is 0 Å². The van der Waals surface area contributed by atoms with Gasteiger partial charge >= 0.3 is 11.9 Å². The first-order valence-electron chi connectivity index (χ1n) is 4.94. The molecule has 0 bridgehead atoms. The van der Waals surface area contributed by atoms with Gasteiger partial charge in [-0.3, -0.25) is 9.59 Å². The average Bonchev–Trinajstić information content (AvgIpc) is 2.59. The van der Waals surface area contributed by atoms with Crippen LogP contribution in [0.25, 0.3) is 11.0 Å². The lowest BCUT2D eigenvalue weighted by atomic mass is 10.2. The fourth-order valence-electron chi connectivity index (χ4n) is 1.45. The molecule has 0 atom stereocenters. The number of ether oxygens (including phenoxy) is 2. The SMILES string of the molecule is CC(=O)Oc1ccc2occ(OC(C)=O)c2c1. The normalized spacial score (nSPS) is 10.2. The van der Waals surface area contributed by atoms with Gasteiger partial charge in [0, 0.05) is 13.8 Å². The van der Waals surface area contributed by atoms with Crippen molar-refractivity contribution in [2.45, 2.75) is 13.8 Å². The molecule has 0 fully saturated rings. The predicted molar refractivity (Wildman–Crippen MR) is 58.8 cm³/mol. The van der Waals surface area contributed by atoms with Gasteiger partial charge in [-0.2, -0.15) is 0 Å². The van der Waals surface area contributed by atoms with Crippen molar-refractivity contribution in [3.05, 3.63) is 24.5 Å². The van der Waals surface area contributed by atoms with Gasteiger partial charge in [-0.1, -0.05) is 0 Å². The molecule has 0 amide bonds. The molecule has 1 aromatic heterocycles. The van der Waals surface area contributed by atoms with Crippen LogP contribution in [0.5, 0.6) is 11.5 Å². The molecule has 0 saturated carbocycles. The fraction of sp³-hybridized carbons (Fsp3) is 0.167. The number of hydrogen-bond donors (Lipinski definition) is 0. The van der Waals surface area contributed by atoms with Gasteiger partial charge in [0.1, 0.15) is 17.6 Å². The molecule has 0 radical (unpaired) electrons. The highest BCUT2D eigenvalue weighted by molar-refractivity contribution is 5.88. The van der Waals surface area contributed by atoms with E-state index in [0.29, 0.717) is 22.5 Å². The van der Waals surface area contributed by atoms with Crippen LogP contribution in [0, 0.1) is 0 Å². The Morgan fingerprint density at radius 3 is 2.47 bits per heavy atom. The summed E-state index contributed by atoms with van der Waals surface area (Å²) in [5, 5.41) is 0.582. The number of furan rings is 1. The quantitative estimate of drug-likeness (QED) is 0.589. The Labute approximate surface area is 96.9 Å². The molecule has 88 valence electrons. The third kappa shape index (κ3) is 2.44. The third-order valence-corrected chi connectivity index (χ3v) is 2.02. The van der Waals surface area contributed by atoms with E-state index in [4.69, 9.17) is 13.9 Å². The van der Waals surface area contributed by atoms with Crippen molar-refractivity contribution < 1.29 is 23.5 Å². The number of hydrogen-bond acceptors (Lipinski definition) is 5. The summed E-state index contributed by atoms with van der Waals surface area (Å²) >= 11 is 0. The van der Waals surface area contributed by atoms with E-state index in [2.05, 4.69) is 0 Å². The summed E-state index contributed by atoms with van der Waals surface area (Å²) < 4.78 is 15.1. The zero-order chi connectivity index (χ0) is 12.4. The second-order valence-corrected chi connectivity index (χ2v) is 3.45. The van der Waals surface area contributed by atoms with Gasteiger partial charge in [0.2, 0.25) is 0 Å². The largest absolute Gasteiger partial charge is 0.460 e. The van der Waals surface area contributed by atoms with Gasteiger partial charge in [-0.05, 0) is 18.2 Å². The Hall–Kier alpha value is -2.30. The molecule has 0 aliphatic heterocycles. The number of benzene rings is 1. The first-order valence-corrected chi connectivity index (χ1v) is 4.94. The highest BCUT2D eigenvalue weighted by Gasteiger charge is 2.10. The monoisotopic (exact) mass is 234 g/mol. The minimum Gasteiger partial charge on any atom is -0.460 e. The van der Waals surface area contributed by atoms with Gasteiger partial charge in [0.05, 0.1) is 5.39 Å². The van der Waals surface area contributed by atoms with Gasteiger partial charge in [0.15, 0.2) is 5.75 Å². The number of carbonyl (C=O) groups excluding carboxylic acids is 2. The molecule has 0 unspecified atom stereocenters. The molecular weight excluding hydrogens is 224 g/mol. The van der Waals surface area contributed by atoms with Crippen molar-refractivity contribution in [1.82, 2.24) is 0 Å². The van der Waals surface area contributed by atoms with Crippen molar-refractivity contribution in [3.63, 3.8) is 0 Å². The van der Waals surface area contributed by atoms with Crippen LogP contribution in [0.15, 0.2) is 28.9 Å². The summed E-state index contributed by atoms with van der Waals surface area (Å²) in [6, 6.07) is 4.82. The number of esters is 2. The Morgan fingerprint density at radius 1 is 1.12 bits per heavy atom. The molecule has 0 saturated heterocycles. The average molecular weight is 234 g/mol. The Kier molecular flexibility index (Phi) is 2.82. The van der Waals surface area contributed by atoms with Gasteiger partial charge in [-0.15, -0.1) is 0 Å². The molecule has 17 heavy (non-hydrogen) atoms. The smallest absolute Gasteiger partial charge is 0.308 e. The van der Waals surface area contributed by atoms with Gasteiger partial charge in [0.25, 0.3) is 0 Å². The lowest BCUT2D eigenvalue weighted by molar-refractivity contribution is -0.132. The molecule has 2 rings (SSSR count).